The number of carbonyl (C=O) groups excluding carboxylic acids is 2. The Morgan fingerprint density at radius 1 is 0.938 bits per heavy atom. The van der Waals surface area contributed by atoms with Gasteiger partial charge in [-0.25, -0.2) is 0 Å². The molecule has 4 rings (SSSR count). The minimum absolute atomic E-state index is 0.0568. The molecule has 0 unspecified atom stereocenters. The summed E-state index contributed by atoms with van der Waals surface area (Å²) in [6, 6.07) is 20.9. The van der Waals surface area contributed by atoms with Gasteiger partial charge in [-0.3, -0.25) is 14.0 Å². The molecule has 0 aliphatic heterocycles. The van der Waals surface area contributed by atoms with Crippen LogP contribution in [-0.4, -0.2) is 26.4 Å². The minimum Gasteiger partial charge on any atom is -0.346 e. The SMILES string of the molecule is C[C@@H](NC(=O)C[C@H](NC(=O)c1ccccc1Cl)c1ccccc1)c1nnc2ccccn12. The Morgan fingerprint density at radius 3 is 2.44 bits per heavy atom. The highest BCUT2D eigenvalue weighted by Gasteiger charge is 2.22. The van der Waals surface area contributed by atoms with E-state index in [0.29, 0.717) is 22.1 Å². The van der Waals surface area contributed by atoms with Gasteiger partial charge in [0, 0.05) is 6.20 Å². The van der Waals surface area contributed by atoms with Gasteiger partial charge in [0.2, 0.25) is 5.91 Å². The highest BCUT2D eigenvalue weighted by molar-refractivity contribution is 6.33. The van der Waals surface area contributed by atoms with E-state index in [4.69, 9.17) is 11.6 Å². The van der Waals surface area contributed by atoms with Crippen molar-refractivity contribution in [2.45, 2.75) is 25.4 Å². The molecule has 0 saturated heterocycles. The predicted octanol–water partition coefficient (Wildman–Crippen LogP) is 4.12. The van der Waals surface area contributed by atoms with Crippen LogP contribution in [0.4, 0.5) is 0 Å². The van der Waals surface area contributed by atoms with Crippen molar-refractivity contribution < 1.29 is 9.59 Å². The van der Waals surface area contributed by atoms with Gasteiger partial charge in [0.25, 0.3) is 5.91 Å². The topological polar surface area (TPSA) is 88.4 Å². The van der Waals surface area contributed by atoms with Gasteiger partial charge in [0.15, 0.2) is 11.5 Å². The van der Waals surface area contributed by atoms with E-state index in [9.17, 15) is 9.59 Å². The summed E-state index contributed by atoms with van der Waals surface area (Å²) >= 11 is 6.17. The molecule has 2 N–H and O–H groups in total. The molecule has 8 heteroatoms. The highest BCUT2D eigenvalue weighted by atomic mass is 35.5. The smallest absolute Gasteiger partial charge is 0.253 e. The van der Waals surface area contributed by atoms with Crippen LogP contribution in [0.15, 0.2) is 79.0 Å². The number of nitrogens with one attached hydrogen (secondary N) is 2. The number of nitrogens with zero attached hydrogens (tertiary/aromatic N) is 3. The van der Waals surface area contributed by atoms with Crippen molar-refractivity contribution >= 4 is 29.1 Å². The van der Waals surface area contributed by atoms with Crippen molar-refractivity contribution in [2.75, 3.05) is 0 Å². The first-order valence-electron chi connectivity index (χ1n) is 10.2. The first-order chi connectivity index (χ1) is 15.5. The molecule has 4 aromatic rings. The zero-order valence-corrected chi connectivity index (χ0v) is 18.2. The first-order valence-corrected chi connectivity index (χ1v) is 10.6. The summed E-state index contributed by atoms with van der Waals surface area (Å²) in [5.74, 6) is 0.0672. The van der Waals surface area contributed by atoms with Gasteiger partial charge in [-0.05, 0) is 36.8 Å². The zero-order valence-electron chi connectivity index (χ0n) is 17.4. The van der Waals surface area contributed by atoms with E-state index in [1.165, 1.54) is 0 Å². The third-order valence-corrected chi connectivity index (χ3v) is 5.45. The molecule has 162 valence electrons. The van der Waals surface area contributed by atoms with Crippen LogP contribution in [0.2, 0.25) is 5.02 Å². The molecule has 0 radical (unpaired) electrons. The van der Waals surface area contributed by atoms with Crippen LogP contribution in [0.25, 0.3) is 5.65 Å². The molecule has 2 aromatic carbocycles. The maximum atomic E-state index is 12.9. The van der Waals surface area contributed by atoms with Crippen molar-refractivity contribution in [3.05, 3.63) is 101 Å². The first kappa shape index (κ1) is 21.5. The van der Waals surface area contributed by atoms with Gasteiger partial charge in [-0.15, -0.1) is 10.2 Å². The average molecular weight is 448 g/mol. The van der Waals surface area contributed by atoms with E-state index in [-0.39, 0.29) is 24.3 Å². The normalized spacial score (nSPS) is 12.8. The second-order valence-electron chi connectivity index (χ2n) is 7.40. The van der Waals surface area contributed by atoms with E-state index < -0.39 is 6.04 Å². The van der Waals surface area contributed by atoms with Gasteiger partial charge >= 0.3 is 0 Å². The summed E-state index contributed by atoms with van der Waals surface area (Å²) in [5.41, 5.74) is 1.89. The number of halogens is 1. The number of fused-ring (bicyclic) bond motifs is 1. The highest BCUT2D eigenvalue weighted by Crippen LogP contribution is 2.21. The summed E-state index contributed by atoms with van der Waals surface area (Å²) in [4.78, 5) is 25.7. The zero-order chi connectivity index (χ0) is 22.5. The van der Waals surface area contributed by atoms with Crippen molar-refractivity contribution in [3.8, 4) is 0 Å². The van der Waals surface area contributed by atoms with E-state index in [1.807, 2.05) is 66.1 Å². The minimum atomic E-state index is -0.526. The molecule has 0 bridgehead atoms. The fraction of sp³-hybridized carbons (Fsp3) is 0.167. The second kappa shape index (κ2) is 9.62. The molecule has 0 spiro atoms. The number of amides is 2. The Morgan fingerprint density at radius 2 is 1.66 bits per heavy atom. The van der Waals surface area contributed by atoms with E-state index in [2.05, 4.69) is 20.8 Å². The van der Waals surface area contributed by atoms with Crippen LogP contribution in [0.1, 0.15) is 47.2 Å². The number of rotatable bonds is 7. The Kier molecular flexibility index (Phi) is 6.47. The number of hydrogen-bond acceptors (Lipinski definition) is 4. The maximum Gasteiger partial charge on any atom is 0.253 e. The summed E-state index contributed by atoms with van der Waals surface area (Å²) in [6.07, 6.45) is 1.91. The predicted molar refractivity (Wildman–Crippen MR) is 122 cm³/mol. The van der Waals surface area contributed by atoms with Gasteiger partial charge in [-0.2, -0.15) is 0 Å². The number of pyridine rings is 1. The van der Waals surface area contributed by atoms with Crippen LogP contribution in [-0.2, 0) is 4.79 Å². The fourth-order valence-electron chi connectivity index (χ4n) is 3.52. The van der Waals surface area contributed by atoms with Crippen LogP contribution < -0.4 is 10.6 Å². The van der Waals surface area contributed by atoms with Gasteiger partial charge < -0.3 is 10.6 Å². The second-order valence-corrected chi connectivity index (χ2v) is 7.80. The van der Waals surface area contributed by atoms with E-state index >= 15 is 0 Å². The third-order valence-electron chi connectivity index (χ3n) is 5.12. The lowest BCUT2D eigenvalue weighted by molar-refractivity contribution is -0.122. The summed E-state index contributed by atoms with van der Waals surface area (Å²) in [5, 5.41) is 14.6. The lowest BCUT2D eigenvalue weighted by Gasteiger charge is -2.21. The molecule has 2 atom stereocenters. The number of aromatic nitrogens is 3. The Labute approximate surface area is 190 Å². The van der Waals surface area contributed by atoms with Crippen molar-refractivity contribution in [1.82, 2.24) is 25.2 Å². The summed E-state index contributed by atoms with van der Waals surface area (Å²) in [7, 11) is 0. The van der Waals surface area contributed by atoms with Gasteiger partial charge in [0.05, 0.1) is 29.1 Å². The van der Waals surface area contributed by atoms with Crippen molar-refractivity contribution in [1.29, 1.82) is 0 Å². The quantitative estimate of drug-likeness (QED) is 0.446. The van der Waals surface area contributed by atoms with Crippen molar-refractivity contribution in [3.63, 3.8) is 0 Å². The Hall–Kier alpha value is -3.71. The molecule has 0 fully saturated rings. The Balaban J connectivity index is 1.50. The number of carbonyl (C=O) groups is 2. The van der Waals surface area contributed by atoms with E-state index in [1.54, 1.807) is 24.3 Å². The van der Waals surface area contributed by atoms with Crippen molar-refractivity contribution in [2.24, 2.45) is 0 Å². The molecule has 0 aliphatic carbocycles. The Bertz CT molecular complexity index is 1240. The molecule has 2 aromatic heterocycles. The molecular weight excluding hydrogens is 426 g/mol. The van der Waals surface area contributed by atoms with Crippen LogP contribution >= 0.6 is 11.6 Å². The number of benzene rings is 2. The number of hydrogen-bond donors (Lipinski definition) is 2. The lowest BCUT2D eigenvalue weighted by Crippen LogP contribution is -2.35. The lowest BCUT2D eigenvalue weighted by atomic mass is 10.0. The summed E-state index contributed by atoms with van der Waals surface area (Å²) < 4.78 is 1.83. The standard InChI is InChI=1S/C24H22ClN5O2/c1-16(23-29-28-21-13-7-8-14-30(21)23)26-22(31)15-20(17-9-3-2-4-10-17)27-24(32)18-11-5-6-12-19(18)25/h2-14,16,20H,15H2,1H3,(H,26,31)(H,27,32)/t16-,20+/m1/s1. The molecule has 0 aliphatic rings. The maximum absolute atomic E-state index is 12.9. The van der Waals surface area contributed by atoms with Crippen LogP contribution in [0.5, 0.6) is 0 Å². The van der Waals surface area contributed by atoms with Crippen LogP contribution in [0, 0.1) is 0 Å². The molecule has 32 heavy (non-hydrogen) atoms. The molecule has 2 amide bonds. The van der Waals surface area contributed by atoms with E-state index in [0.717, 1.165) is 5.56 Å². The monoisotopic (exact) mass is 447 g/mol. The molecule has 0 saturated carbocycles. The molecule has 7 nitrogen and oxygen atoms in total. The average Bonchev–Trinajstić information content (AvgIpc) is 3.24. The van der Waals surface area contributed by atoms with Gasteiger partial charge in [0.1, 0.15) is 0 Å². The summed E-state index contributed by atoms with van der Waals surface area (Å²) in [6.45, 7) is 1.85. The largest absolute Gasteiger partial charge is 0.346 e. The van der Waals surface area contributed by atoms with Crippen LogP contribution in [0.3, 0.4) is 0 Å². The van der Waals surface area contributed by atoms with Gasteiger partial charge in [-0.1, -0.05) is 60.1 Å². The third kappa shape index (κ3) is 4.78. The molecule has 2 heterocycles. The fourth-order valence-corrected chi connectivity index (χ4v) is 3.75. The molecular formula is C24H22ClN5O2.